The Labute approximate surface area is 220 Å². The van der Waals surface area contributed by atoms with Crippen LogP contribution in [-0.2, 0) is 14.3 Å². The topological polar surface area (TPSA) is 101 Å². The van der Waals surface area contributed by atoms with Gasteiger partial charge in [0.05, 0.1) is 25.2 Å². The molecule has 2 aromatic carbocycles. The largest absolute Gasteiger partial charge is 0.497 e. The van der Waals surface area contributed by atoms with Crippen LogP contribution in [0, 0.1) is 11.2 Å². The molecule has 0 saturated heterocycles. The number of hydrogen-bond donors (Lipinski definition) is 3. The summed E-state index contributed by atoms with van der Waals surface area (Å²) in [4.78, 5) is 17.7. The van der Waals surface area contributed by atoms with E-state index in [4.69, 9.17) is 14.2 Å². The molecular formula is C29H30FN3O5. The van der Waals surface area contributed by atoms with Crippen LogP contribution in [0.4, 0.5) is 15.8 Å². The van der Waals surface area contributed by atoms with Crippen LogP contribution in [0.25, 0.3) is 0 Å². The molecule has 9 heteroatoms. The summed E-state index contributed by atoms with van der Waals surface area (Å²) in [6, 6.07) is 12.7. The number of halogens is 1. The lowest BCUT2D eigenvalue weighted by Gasteiger charge is -2.35. The number of methoxy groups -OCH3 is 2. The van der Waals surface area contributed by atoms with Crippen LogP contribution in [-0.4, -0.2) is 43.2 Å². The fourth-order valence-electron chi connectivity index (χ4n) is 4.70. The average molecular weight is 520 g/mol. The van der Waals surface area contributed by atoms with Crippen LogP contribution in [0.15, 0.2) is 88.5 Å². The highest BCUT2D eigenvalue weighted by atomic mass is 19.1. The zero-order chi connectivity index (χ0) is 26.9. The molecule has 5 rings (SSSR count). The fourth-order valence-corrected chi connectivity index (χ4v) is 4.70. The number of aliphatic hydroxyl groups excluding tert-OH is 1. The number of hydrogen-bond acceptors (Lipinski definition) is 7. The van der Waals surface area contributed by atoms with Gasteiger partial charge in [0.1, 0.15) is 29.3 Å². The van der Waals surface area contributed by atoms with E-state index in [1.54, 1.807) is 50.8 Å². The molecule has 1 aliphatic heterocycles. The Kier molecular flexibility index (Phi) is 6.71. The van der Waals surface area contributed by atoms with Crippen molar-refractivity contribution < 1.29 is 28.5 Å². The summed E-state index contributed by atoms with van der Waals surface area (Å²) in [6.45, 7) is 2.02. The van der Waals surface area contributed by atoms with Crippen LogP contribution in [0.3, 0.4) is 0 Å². The van der Waals surface area contributed by atoms with Gasteiger partial charge in [-0.3, -0.25) is 9.79 Å². The molecule has 2 unspecified atom stereocenters. The van der Waals surface area contributed by atoms with Gasteiger partial charge in [-0.2, -0.15) is 0 Å². The summed E-state index contributed by atoms with van der Waals surface area (Å²) in [7, 11) is 3.21. The van der Waals surface area contributed by atoms with Crippen molar-refractivity contribution in [2.75, 3.05) is 24.9 Å². The standard InChI is InChI=1S/C29H30FN3O5/c1-28-17-25(37-3)24(36-2)16-22(28)23(12-15-31-28)38-21-10-8-20(9-11-21)33-27(35)29(13-14-29)26(34)32-19-6-4-18(30)5-7-19/h4-12,15-16,26,32,34H,13-14,17H2,1-3H3,(H,33,35). The molecule has 0 aromatic heterocycles. The van der Waals surface area contributed by atoms with E-state index in [-0.39, 0.29) is 11.7 Å². The molecule has 2 aliphatic carbocycles. The van der Waals surface area contributed by atoms with Crippen LogP contribution < -0.4 is 15.4 Å². The molecule has 1 saturated carbocycles. The van der Waals surface area contributed by atoms with Crippen LogP contribution in [0.5, 0.6) is 5.75 Å². The van der Waals surface area contributed by atoms with Gasteiger partial charge in [0.15, 0.2) is 5.76 Å². The maximum absolute atomic E-state index is 13.2. The summed E-state index contributed by atoms with van der Waals surface area (Å²) in [5.74, 6) is 1.95. The maximum atomic E-state index is 13.2. The average Bonchev–Trinajstić information content (AvgIpc) is 3.73. The number of amides is 1. The molecule has 1 fully saturated rings. The van der Waals surface area contributed by atoms with Gasteiger partial charge in [-0.1, -0.05) is 0 Å². The molecule has 3 N–H and O–H groups in total. The van der Waals surface area contributed by atoms with Gasteiger partial charge in [-0.15, -0.1) is 0 Å². The fraction of sp³-hybridized carbons (Fsp3) is 0.310. The third-order valence-electron chi connectivity index (χ3n) is 7.20. The first-order valence-corrected chi connectivity index (χ1v) is 12.3. The first kappa shape index (κ1) is 25.5. The zero-order valence-corrected chi connectivity index (χ0v) is 21.5. The summed E-state index contributed by atoms with van der Waals surface area (Å²) >= 11 is 0. The van der Waals surface area contributed by atoms with E-state index in [1.165, 1.54) is 24.3 Å². The molecule has 0 spiro atoms. The summed E-state index contributed by atoms with van der Waals surface area (Å²) in [6.07, 6.45) is 5.96. The molecule has 198 valence electrons. The summed E-state index contributed by atoms with van der Waals surface area (Å²) in [5, 5.41) is 16.5. The zero-order valence-electron chi connectivity index (χ0n) is 21.5. The highest BCUT2D eigenvalue weighted by molar-refractivity contribution is 5.98. The van der Waals surface area contributed by atoms with E-state index in [0.717, 1.165) is 11.3 Å². The van der Waals surface area contributed by atoms with E-state index in [1.807, 2.05) is 13.0 Å². The molecule has 1 heterocycles. The highest BCUT2D eigenvalue weighted by Crippen LogP contribution is 2.50. The second-order valence-electron chi connectivity index (χ2n) is 9.80. The number of dihydropyridines is 1. The van der Waals surface area contributed by atoms with E-state index >= 15 is 0 Å². The van der Waals surface area contributed by atoms with Gasteiger partial charge in [0.25, 0.3) is 0 Å². The minimum Gasteiger partial charge on any atom is -0.497 e. The van der Waals surface area contributed by atoms with E-state index in [0.29, 0.717) is 47.9 Å². The van der Waals surface area contributed by atoms with Crippen molar-refractivity contribution in [3.05, 3.63) is 89.4 Å². The lowest BCUT2D eigenvalue weighted by molar-refractivity contribution is -0.124. The molecule has 2 atom stereocenters. The smallest absolute Gasteiger partial charge is 0.235 e. The number of fused-ring (bicyclic) bond motifs is 1. The Hall–Kier alpha value is -4.11. The van der Waals surface area contributed by atoms with Gasteiger partial charge in [0, 0.05) is 29.6 Å². The van der Waals surface area contributed by atoms with Gasteiger partial charge in [0.2, 0.25) is 5.91 Å². The summed E-state index contributed by atoms with van der Waals surface area (Å²) < 4.78 is 30.3. The predicted octanol–water partition coefficient (Wildman–Crippen LogP) is 4.92. The maximum Gasteiger partial charge on any atom is 0.235 e. The van der Waals surface area contributed by atoms with Crippen molar-refractivity contribution in [1.82, 2.24) is 0 Å². The SMILES string of the molecule is COC1=C(OC)CC2(C)N=CC=C(Oc3ccc(NC(=O)C4(C(O)Nc5ccc(F)cc5)CC4)cc3)C2=C1. The number of anilines is 2. The Morgan fingerprint density at radius 3 is 2.37 bits per heavy atom. The van der Waals surface area contributed by atoms with Crippen LogP contribution in [0.1, 0.15) is 26.2 Å². The van der Waals surface area contributed by atoms with Gasteiger partial charge in [-0.05, 0) is 80.4 Å². The molecule has 1 amide bonds. The number of nitrogens with zero attached hydrogens (tertiary/aromatic N) is 1. The highest BCUT2D eigenvalue weighted by Gasteiger charge is 2.55. The first-order valence-electron chi connectivity index (χ1n) is 12.3. The summed E-state index contributed by atoms with van der Waals surface area (Å²) in [5.41, 5.74) is 0.525. The van der Waals surface area contributed by atoms with E-state index in [9.17, 15) is 14.3 Å². The lowest BCUT2D eigenvalue weighted by Crippen LogP contribution is -2.39. The van der Waals surface area contributed by atoms with Crippen molar-refractivity contribution >= 4 is 23.5 Å². The first-order chi connectivity index (χ1) is 18.3. The van der Waals surface area contributed by atoms with Gasteiger partial charge in [-0.25, -0.2) is 4.39 Å². The molecule has 0 radical (unpaired) electrons. The number of carbonyl (C=O) groups is 1. The number of allylic oxidation sites excluding steroid dienone is 2. The van der Waals surface area contributed by atoms with Gasteiger partial charge < -0.3 is 30.0 Å². The molecule has 2 aromatic rings. The number of aliphatic hydroxyl groups is 1. The minimum atomic E-state index is -1.10. The van der Waals surface area contributed by atoms with Gasteiger partial charge >= 0.3 is 0 Å². The lowest BCUT2D eigenvalue weighted by atomic mass is 9.81. The van der Waals surface area contributed by atoms with Crippen molar-refractivity contribution in [2.24, 2.45) is 10.4 Å². The number of aliphatic imine (C=N–C) groups is 1. The van der Waals surface area contributed by atoms with Crippen molar-refractivity contribution in [2.45, 2.75) is 38.0 Å². The Morgan fingerprint density at radius 1 is 1.05 bits per heavy atom. The molecule has 3 aliphatic rings. The number of benzene rings is 2. The third kappa shape index (κ3) is 4.89. The second-order valence-corrected chi connectivity index (χ2v) is 9.80. The Morgan fingerprint density at radius 2 is 1.74 bits per heavy atom. The second kappa shape index (κ2) is 9.98. The Balaban J connectivity index is 1.25. The Bertz CT molecular complexity index is 1340. The number of carbonyl (C=O) groups excluding carboxylic acids is 1. The van der Waals surface area contributed by atoms with Crippen LogP contribution in [0.2, 0.25) is 0 Å². The molecule has 0 bridgehead atoms. The molecular weight excluding hydrogens is 489 g/mol. The number of rotatable bonds is 9. The quantitative estimate of drug-likeness (QED) is 0.407. The van der Waals surface area contributed by atoms with Crippen LogP contribution >= 0.6 is 0 Å². The molecule has 8 nitrogen and oxygen atoms in total. The number of nitrogens with one attached hydrogen (secondary N) is 2. The van der Waals surface area contributed by atoms with Crippen molar-refractivity contribution in [1.29, 1.82) is 0 Å². The van der Waals surface area contributed by atoms with Crippen molar-refractivity contribution in [3.8, 4) is 5.75 Å². The molecule has 38 heavy (non-hydrogen) atoms. The normalized spacial score (nSPS) is 21.9. The third-order valence-corrected chi connectivity index (χ3v) is 7.20. The monoisotopic (exact) mass is 519 g/mol. The predicted molar refractivity (Wildman–Crippen MR) is 142 cm³/mol. The van der Waals surface area contributed by atoms with Crippen molar-refractivity contribution in [3.63, 3.8) is 0 Å². The minimum absolute atomic E-state index is 0.282. The van der Waals surface area contributed by atoms with E-state index in [2.05, 4.69) is 15.6 Å². The number of ether oxygens (including phenoxy) is 3. The van der Waals surface area contributed by atoms with E-state index < -0.39 is 17.2 Å².